The van der Waals surface area contributed by atoms with Gasteiger partial charge in [0, 0.05) is 55.8 Å². The topological polar surface area (TPSA) is 82.5 Å². The van der Waals surface area contributed by atoms with Gasteiger partial charge in [-0.1, -0.05) is 26.7 Å². The predicted molar refractivity (Wildman–Crippen MR) is 136 cm³/mol. The molecular weight excluding hydrogens is 483 g/mol. The van der Waals surface area contributed by atoms with Crippen LogP contribution < -0.4 is 5.32 Å². The van der Waals surface area contributed by atoms with Gasteiger partial charge < -0.3 is 15.3 Å². The van der Waals surface area contributed by atoms with Crippen LogP contribution in [0.5, 0.6) is 0 Å². The lowest BCUT2D eigenvalue weighted by molar-refractivity contribution is -0.138. The molecule has 0 saturated heterocycles. The summed E-state index contributed by atoms with van der Waals surface area (Å²) in [4.78, 5) is 29.8. The number of hydrogen-bond donors (Lipinski definition) is 2. The molecule has 1 aromatic rings. The van der Waals surface area contributed by atoms with Crippen LogP contribution in [-0.4, -0.2) is 45.5 Å². The first-order valence-electron chi connectivity index (χ1n) is 13.9. The van der Waals surface area contributed by atoms with Gasteiger partial charge in [-0.15, -0.1) is 0 Å². The summed E-state index contributed by atoms with van der Waals surface area (Å²) in [6.07, 6.45) is 6.66. The first-order chi connectivity index (χ1) is 17.6. The summed E-state index contributed by atoms with van der Waals surface area (Å²) in [5.41, 5.74) is 0.385. The molecule has 1 saturated carbocycles. The summed E-state index contributed by atoms with van der Waals surface area (Å²) >= 11 is 0. The number of carboxylic acids is 1. The number of rotatable bonds is 13. The summed E-state index contributed by atoms with van der Waals surface area (Å²) < 4.78 is 39.3. The first-order valence-corrected chi connectivity index (χ1v) is 13.9. The van der Waals surface area contributed by atoms with Gasteiger partial charge in [0.15, 0.2) is 0 Å². The van der Waals surface area contributed by atoms with Gasteiger partial charge in [0.2, 0.25) is 5.91 Å². The average Bonchev–Trinajstić information content (AvgIpc) is 3.33. The van der Waals surface area contributed by atoms with Crippen LogP contribution in [0, 0.1) is 11.8 Å². The lowest BCUT2D eigenvalue weighted by Crippen LogP contribution is -2.41. The molecule has 1 amide bonds. The van der Waals surface area contributed by atoms with Gasteiger partial charge in [-0.25, -0.2) is 0 Å². The summed E-state index contributed by atoms with van der Waals surface area (Å²) in [7, 11) is 0. The van der Waals surface area contributed by atoms with E-state index in [-0.39, 0.29) is 30.8 Å². The van der Waals surface area contributed by atoms with Crippen molar-refractivity contribution >= 4 is 11.9 Å². The molecule has 2 heterocycles. The third-order valence-corrected chi connectivity index (χ3v) is 8.05. The lowest BCUT2D eigenvalue weighted by atomic mass is 9.90. The van der Waals surface area contributed by atoms with E-state index < -0.39 is 17.7 Å². The first kappa shape index (κ1) is 29.4. The predicted octanol–water partition coefficient (Wildman–Crippen LogP) is 5.97. The number of amides is 1. The van der Waals surface area contributed by atoms with Crippen LogP contribution >= 0.6 is 0 Å². The molecule has 1 aliphatic heterocycles. The van der Waals surface area contributed by atoms with Crippen molar-refractivity contribution in [1.82, 2.24) is 15.2 Å². The second-order valence-corrected chi connectivity index (χ2v) is 10.8. The standard InChI is InChI=1S/C28H42F3N3O3/c1-3-6-19(7-5-8-26(35)36)9-11-23(4-2)33-24-12-10-20(16-24)27(37)34-14-13-25-21(18-34)15-22(17-32-25)28(29,30)31/h15,17,19-20,23-24,33H,3-14,16,18H2,1-2H3,(H,35,36). The molecule has 1 fully saturated rings. The average molecular weight is 526 g/mol. The number of nitrogens with zero attached hydrogens (tertiary/aromatic N) is 2. The monoisotopic (exact) mass is 525 g/mol. The van der Waals surface area contributed by atoms with E-state index in [0.717, 1.165) is 76.5 Å². The van der Waals surface area contributed by atoms with Crippen LogP contribution in [0.15, 0.2) is 12.3 Å². The molecule has 4 atom stereocenters. The van der Waals surface area contributed by atoms with E-state index in [9.17, 15) is 22.8 Å². The fourth-order valence-electron chi connectivity index (χ4n) is 5.94. The molecular formula is C28H42F3N3O3. The zero-order chi connectivity index (χ0) is 27.0. The number of carbonyl (C=O) groups is 2. The Bertz CT molecular complexity index is 908. The van der Waals surface area contributed by atoms with E-state index in [1.54, 1.807) is 4.90 Å². The van der Waals surface area contributed by atoms with Gasteiger partial charge in [-0.3, -0.25) is 14.6 Å². The molecule has 0 bridgehead atoms. The Morgan fingerprint density at radius 1 is 1.19 bits per heavy atom. The van der Waals surface area contributed by atoms with Gasteiger partial charge in [0.25, 0.3) is 0 Å². The van der Waals surface area contributed by atoms with E-state index in [2.05, 4.69) is 24.1 Å². The molecule has 37 heavy (non-hydrogen) atoms. The highest BCUT2D eigenvalue weighted by atomic mass is 19.4. The van der Waals surface area contributed by atoms with Crippen LogP contribution in [0.25, 0.3) is 0 Å². The number of pyridine rings is 1. The van der Waals surface area contributed by atoms with Crippen molar-refractivity contribution in [1.29, 1.82) is 0 Å². The maximum Gasteiger partial charge on any atom is 0.417 e. The molecule has 1 aromatic heterocycles. The molecule has 3 rings (SSSR count). The van der Waals surface area contributed by atoms with Crippen LogP contribution in [0.1, 0.15) is 101 Å². The zero-order valence-corrected chi connectivity index (χ0v) is 22.2. The minimum Gasteiger partial charge on any atom is -0.481 e. The number of alkyl halides is 3. The lowest BCUT2D eigenvalue weighted by Gasteiger charge is -2.31. The Kier molecular flexibility index (Phi) is 10.8. The van der Waals surface area contributed by atoms with Gasteiger partial charge in [-0.2, -0.15) is 13.2 Å². The van der Waals surface area contributed by atoms with E-state index in [0.29, 0.717) is 36.2 Å². The van der Waals surface area contributed by atoms with Gasteiger partial charge in [0.1, 0.15) is 0 Å². The van der Waals surface area contributed by atoms with Crippen molar-refractivity contribution in [2.75, 3.05) is 6.54 Å². The third-order valence-electron chi connectivity index (χ3n) is 8.05. The maximum absolute atomic E-state index is 13.2. The highest BCUT2D eigenvalue weighted by molar-refractivity contribution is 5.79. The van der Waals surface area contributed by atoms with Crippen molar-refractivity contribution in [3.63, 3.8) is 0 Å². The second-order valence-electron chi connectivity index (χ2n) is 10.8. The zero-order valence-electron chi connectivity index (χ0n) is 22.2. The number of aromatic nitrogens is 1. The highest BCUT2D eigenvalue weighted by Gasteiger charge is 2.36. The Morgan fingerprint density at radius 3 is 2.65 bits per heavy atom. The van der Waals surface area contributed by atoms with Crippen molar-refractivity contribution < 1.29 is 27.9 Å². The second kappa shape index (κ2) is 13.6. The van der Waals surface area contributed by atoms with E-state index in [1.165, 1.54) is 0 Å². The van der Waals surface area contributed by atoms with Gasteiger partial charge in [-0.05, 0) is 68.9 Å². The number of halogens is 3. The van der Waals surface area contributed by atoms with Crippen molar-refractivity contribution in [2.45, 2.75) is 116 Å². The number of carboxylic acid groups (broad SMARTS) is 1. The molecule has 0 aromatic carbocycles. The fraction of sp³-hybridized carbons (Fsp3) is 0.750. The largest absolute Gasteiger partial charge is 0.481 e. The Balaban J connectivity index is 1.48. The van der Waals surface area contributed by atoms with E-state index in [1.807, 2.05) is 0 Å². The highest BCUT2D eigenvalue weighted by Crippen LogP contribution is 2.33. The van der Waals surface area contributed by atoms with Crippen LogP contribution in [0.3, 0.4) is 0 Å². The molecule has 208 valence electrons. The number of aliphatic carboxylic acids is 1. The maximum atomic E-state index is 13.2. The Morgan fingerprint density at radius 2 is 1.97 bits per heavy atom. The number of nitrogens with one attached hydrogen (secondary N) is 1. The van der Waals surface area contributed by atoms with E-state index >= 15 is 0 Å². The molecule has 1 aliphatic carbocycles. The Hall–Kier alpha value is -2.16. The summed E-state index contributed by atoms with van der Waals surface area (Å²) in [5.74, 6) is -0.237. The fourth-order valence-corrected chi connectivity index (χ4v) is 5.94. The van der Waals surface area contributed by atoms with Crippen molar-refractivity contribution in [3.8, 4) is 0 Å². The van der Waals surface area contributed by atoms with Gasteiger partial charge in [0.05, 0.1) is 5.56 Å². The minimum absolute atomic E-state index is 0.0434. The van der Waals surface area contributed by atoms with Crippen LogP contribution in [0.2, 0.25) is 0 Å². The molecule has 6 nitrogen and oxygen atoms in total. The number of hydrogen-bond acceptors (Lipinski definition) is 4. The molecule has 2 aliphatic rings. The Labute approximate surface area is 218 Å². The molecule has 2 N–H and O–H groups in total. The van der Waals surface area contributed by atoms with Crippen LogP contribution in [0.4, 0.5) is 13.2 Å². The SMILES string of the molecule is CCCC(CCCC(=O)O)CCC(CC)NC1CCC(C(=O)N2CCc3ncc(C(F)(F)F)cc3C2)C1. The van der Waals surface area contributed by atoms with Crippen LogP contribution in [-0.2, 0) is 28.7 Å². The van der Waals surface area contributed by atoms with Crippen molar-refractivity contribution in [3.05, 3.63) is 29.1 Å². The number of fused-ring (bicyclic) bond motifs is 1. The summed E-state index contributed by atoms with van der Waals surface area (Å²) in [6.45, 7) is 5.03. The normalized spacial score (nSPS) is 21.5. The summed E-state index contributed by atoms with van der Waals surface area (Å²) in [6, 6.07) is 1.78. The summed E-state index contributed by atoms with van der Waals surface area (Å²) in [5, 5.41) is 12.7. The van der Waals surface area contributed by atoms with Gasteiger partial charge >= 0.3 is 12.1 Å². The molecule has 4 unspecified atom stereocenters. The molecule has 9 heteroatoms. The third kappa shape index (κ3) is 8.69. The smallest absolute Gasteiger partial charge is 0.417 e. The quantitative estimate of drug-likeness (QED) is 0.331. The molecule has 0 spiro atoms. The molecule has 0 radical (unpaired) electrons. The minimum atomic E-state index is -4.44. The number of carbonyl (C=O) groups excluding carboxylic acids is 1. The van der Waals surface area contributed by atoms with Crippen molar-refractivity contribution in [2.24, 2.45) is 11.8 Å². The van der Waals surface area contributed by atoms with E-state index in [4.69, 9.17) is 5.11 Å².